The van der Waals surface area contributed by atoms with Crippen molar-refractivity contribution in [1.82, 2.24) is 14.9 Å². The molecule has 2 radical (unpaired) electrons. The summed E-state index contributed by atoms with van der Waals surface area (Å²) in [5.41, 5.74) is 7.21. The number of hydrogen-bond donors (Lipinski definition) is 0. The van der Waals surface area contributed by atoms with Crippen LogP contribution in [0.1, 0.15) is 53.3 Å². The molecule has 1 fully saturated rings. The molecule has 0 spiro atoms. The Morgan fingerprint density at radius 3 is 2.50 bits per heavy atom. The molecule has 3 nitrogen and oxygen atoms in total. The normalized spacial score (nSPS) is 17.3. The van der Waals surface area contributed by atoms with Gasteiger partial charge in [-0.1, -0.05) is 6.07 Å². The minimum atomic E-state index is 0.488. The fourth-order valence-electron chi connectivity index (χ4n) is 4.30. The van der Waals surface area contributed by atoms with Gasteiger partial charge in [-0.05, 0) is 101 Å². The Labute approximate surface area is 175 Å². The Morgan fingerprint density at radius 2 is 1.79 bits per heavy atom. The molecule has 3 aromatic rings. The summed E-state index contributed by atoms with van der Waals surface area (Å²) in [7, 11) is 1.03. The summed E-state index contributed by atoms with van der Waals surface area (Å²) >= 11 is 1.80. The van der Waals surface area contributed by atoms with Crippen molar-refractivity contribution in [2.75, 3.05) is 13.1 Å². The first-order chi connectivity index (χ1) is 13.5. The first-order valence-electron chi connectivity index (χ1n) is 10.3. The lowest BCUT2D eigenvalue weighted by atomic mass is 10.0. The zero-order valence-electron chi connectivity index (χ0n) is 17.3. The number of pyridine rings is 1. The van der Waals surface area contributed by atoms with E-state index in [9.17, 15) is 0 Å². The van der Waals surface area contributed by atoms with Gasteiger partial charge in [-0.15, -0.1) is 11.3 Å². The van der Waals surface area contributed by atoms with Crippen LogP contribution in [-0.4, -0.2) is 37.5 Å². The highest BCUT2D eigenvalue weighted by Gasteiger charge is 2.24. The lowest BCUT2D eigenvalue weighted by Crippen LogP contribution is -2.35. The number of nitrogens with zero attached hydrogens (tertiary/aromatic N) is 3. The van der Waals surface area contributed by atoms with Crippen molar-refractivity contribution in [2.45, 2.75) is 58.2 Å². The minimum Gasteiger partial charge on any atom is -0.297 e. The van der Waals surface area contributed by atoms with E-state index in [-0.39, 0.29) is 0 Å². The smallest absolute Gasteiger partial charge is 0.0907 e. The average Bonchev–Trinajstić information content (AvgIpc) is 3.04. The Balaban J connectivity index is 1.32. The van der Waals surface area contributed by atoms with Crippen LogP contribution in [0.2, 0.25) is 5.54 Å². The molecule has 3 heterocycles. The van der Waals surface area contributed by atoms with E-state index in [2.05, 4.69) is 72.9 Å². The van der Waals surface area contributed by atoms with Crippen LogP contribution in [0.4, 0.5) is 0 Å². The van der Waals surface area contributed by atoms with Crippen LogP contribution in [0, 0.1) is 20.8 Å². The lowest BCUT2D eigenvalue weighted by Gasteiger charge is -2.36. The summed E-state index contributed by atoms with van der Waals surface area (Å²) in [6.45, 7) is 11.1. The number of thiazole rings is 1. The summed E-state index contributed by atoms with van der Waals surface area (Å²) in [6, 6.07) is 13.0. The second kappa shape index (κ2) is 8.43. The van der Waals surface area contributed by atoms with E-state index in [0.29, 0.717) is 6.04 Å². The van der Waals surface area contributed by atoms with Crippen LogP contribution < -0.4 is 0 Å². The second-order valence-electron chi connectivity index (χ2n) is 8.09. The zero-order chi connectivity index (χ0) is 19.7. The van der Waals surface area contributed by atoms with E-state index in [0.717, 1.165) is 37.0 Å². The number of benzene rings is 1. The highest BCUT2D eigenvalue weighted by Crippen LogP contribution is 2.32. The molecule has 4 rings (SSSR count). The predicted molar refractivity (Wildman–Crippen MR) is 120 cm³/mol. The van der Waals surface area contributed by atoms with Gasteiger partial charge in [0.15, 0.2) is 0 Å². The SMILES string of the molecule is Cc1cc(C[Si]C2CCN([C@H](C)c3ccc4nc(C)sc4c3)CC2)cc(C)n1. The summed E-state index contributed by atoms with van der Waals surface area (Å²) in [5.74, 6) is 0. The molecule has 28 heavy (non-hydrogen) atoms. The third-order valence-corrected chi connectivity index (χ3v) is 8.52. The van der Waals surface area contributed by atoms with Crippen molar-refractivity contribution < 1.29 is 0 Å². The number of piperidine rings is 1. The fraction of sp³-hybridized carbons (Fsp3) is 0.478. The molecule has 0 amide bonds. The fourth-order valence-corrected chi connectivity index (χ4v) is 6.57. The van der Waals surface area contributed by atoms with Crippen molar-refractivity contribution in [1.29, 1.82) is 0 Å². The molecule has 1 aliphatic heterocycles. The number of fused-ring (bicyclic) bond motifs is 1. The van der Waals surface area contributed by atoms with Crippen molar-refractivity contribution >= 4 is 31.1 Å². The van der Waals surface area contributed by atoms with E-state index in [4.69, 9.17) is 0 Å². The number of hydrogen-bond acceptors (Lipinski definition) is 4. The molecule has 0 aliphatic carbocycles. The Kier molecular flexibility index (Phi) is 5.95. The third kappa shape index (κ3) is 4.53. The predicted octanol–water partition coefficient (Wildman–Crippen LogP) is 5.47. The molecule has 1 aliphatic rings. The topological polar surface area (TPSA) is 29.0 Å². The summed E-state index contributed by atoms with van der Waals surface area (Å²) in [4.78, 5) is 11.8. The number of likely N-dealkylation sites (tertiary alicyclic amines) is 1. The van der Waals surface area contributed by atoms with Crippen LogP contribution in [0.15, 0.2) is 30.3 Å². The van der Waals surface area contributed by atoms with Gasteiger partial charge in [0.05, 0.1) is 15.2 Å². The Bertz CT molecular complexity index is 939. The van der Waals surface area contributed by atoms with E-state index in [1.165, 1.54) is 47.8 Å². The van der Waals surface area contributed by atoms with Crippen LogP contribution >= 0.6 is 11.3 Å². The van der Waals surface area contributed by atoms with Crippen LogP contribution in [0.25, 0.3) is 10.2 Å². The highest BCUT2D eigenvalue weighted by atomic mass is 32.1. The number of aryl methyl sites for hydroxylation is 3. The van der Waals surface area contributed by atoms with Gasteiger partial charge in [-0.3, -0.25) is 9.88 Å². The molecule has 0 N–H and O–H groups in total. The molecular formula is C23H29N3SSi. The third-order valence-electron chi connectivity index (χ3n) is 5.82. The first-order valence-corrected chi connectivity index (χ1v) is 12.4. The van der Waals surface area contributed by atoms with Gasteiger partial charge in [0.25, 0.3) is 0 Å². The average molecular weight is 408 g/mol. The monoisotopic (exact) mass is 407 g/mol. The molecule has 0 saturated carbocycles. The van der Waals surface area contributed by atoms with Gasteiger partial charge in [0.1, 0.15) is 0 Å². The molecular weight excluding hydrogens is 378 g/mol. The summed E-state index contributed by atoms with van der Waals surface area (Å²) in [6.07, 6.45) is 2.65. The van der Waals surface area contributed by atoms with Gasteiger partial charge in [-0.2, -0.15) is 0 Å². The maximum atomic E-state index is 4.59. The summed E-state index contributed by atoms with van der Waals surface area (Å²) in [5, 5.41) is 1.15. The van der Waals surface area contributed by atoms with E-state index >= 15 is 0 Å². The van der Waals surface area contributed by atoms with Crippen LogP contribution in [0.3, 0.4) is 0 Å². The van der Waals surface area contributed by atoms with Crippen LogP contribution in [-0.2, 0) is 6.04 Å². The van der Waals surface area contributed by atoms with E-state index in [1.54, 1.807) is 11.3 Å². The number of rotatable bonds is 5. The summed E-state index contributed by atoms with van der Waals surface area (Å²) < 4.78 is 1.32. The minimum absolute atomic E-state index is 0.488. The van der Waals surface area contributed by atoms with Gasteiger partial charge >= 0.3 is 0 Å². The quantitative estimate of drug-likeness (QED) is 0.525. The first kappa shape index (κ1) is 19.7. The maximum absolute atomic E-state index is 4.59. The highest BCUT2D eigenvalue weighted by molar-refractivity contribution is 7.18. The molecule has 0 unspecified atom stereocenters. The van der Waals surface area contributed by atoms with Crippen LogP contribution in [0.5, 0.6) is 0 Å². The zero-order valence-corrected chi connectivity index (χ0v) is 19.1. The molecule has 1 aromatic carbocycles. The number of aromatic nitrogens is 2. The maximum Gasteiger partial charge on any atom is 0.0907 e. The molecule has 146 valence electrons. The second-order valence-corrected chi connectivity index (χ2v) is 10.9. The molecule has 1 saturated heterocycles. The molecule has 0 bridgehead atoms. The van der Waals surface area contributed by atoms with Crippen molar-refractivity contribution in [2.24, 2.45) is 0 Å². The van der Waals surface area contributed by atoms with Crippen molar-refractivity contribution in [3.63, 3.8) is 0 Å². The molecule has 5 heteroatoms. The van der Waals surface area contributed by atoms with Gasteiger partial charge in [0, 0.05) is 26.9 Å². The van der Waals surface area contributed by atoms with Crippen molar-refractivity contribution in [3.8, 4) is 0 Å². The van der Waals surface area contributed by atoms with Gasteiger partial charge in [-0.25, -0.2) is 4.98 Å². The Morgan fingerprint density at radius 1 is 1.07 bits per heavy atom. The van der Waals surface area contributed by atoms with E-state index in [1.807, 2.05) is 0 Å². The van der Waals surface area contributed by atoms with E-state index < -0.39 is 0 Å². The molecule has 2 aromatic heterocycles. The molecule has 1 atom stereocenters. The largest absolute Gasteiger partial charge is 0.297 e. The van der Waals surface area contributed by atoms with Gasteiger partial charge in [0.2, 0.25) is 0 Å². The Hall–Kier alpha value is -1.56. The van der Waals surface area contributed by atoms with Crippen molar-refractivity contribution in [3.05, 3.63) is 57.9 Å². The lowest BCUT2D eigenvalue weighted by molar-refractivity contribution is 0.174. The van der Waals surface area contributed by atoms with Gasteiger partial charge < -0.3 is 0 Å². The standard InChI is InChI=1S/C23H29N3SSi/c1-15-11-19(12-16(2)24-15)14-28-21-7-9-26(10-8-21)17(3)20-5-6-22-23(13-20)27-18(4)25-22/h5-6,11-13,17,21H,7-10,14H2,1-4H3/t17-/m1/s1.